The fourth-order valence-electron chi connectivity index (χ4n) is 3.41. The summed E-state index contributed by atoms with van der Waals surface area (Å²) in [6.45, 7) is 7.45. The lowest BCUT2D eigenvalue weighted by Gasteiger charge is -2.33. The largest absolute Gasteiger partial charge is 0.385 e. The standard InChI is InChI=1S/C21H35FN4O2.HI/c1-4-23-21(24-16-20(28-3)17-6-8-18(22)9-7-17)25-19-10-13-26(14-11-19)12-5-15-27-2;/h6-9,19-20H,4-5,10-16H2,1-3H3,(H2,23,24,25);1H. The number of rotatable bonds is 10. The van der Waals surface area contributed by atoms with Crippen molar-refractivity contribution in [3.8, 4) is 0 Å². The molecule has 0 saturated carbocycles. The summed E-state index contributed by atoms with van der Waals surface area (Å²) in [4.78, 5) is 7.20. The highest BCUT2D eigenvalue weighted by Crippen LogP contribution is 2.17. The SMILES string of the molecule is CCNC(=NCC(OC)c1ccc(F)cc1)NC1CCN(CCCOC)CC1.I. The number of nitrogens with one attached hydrogen (secondary N) is 2. The van der Waals surface area contributed by atoms with E-state index in [2.05, 4.69) is 22.5 Å². The third kappa shape index (κ3) is 9.59. The van der Waals surface area contributed by atoms with Crippen LogP contribution in [-0.4, -0.2) is 70.5 Å². The minimum atomic E-state index is -0.245. The Hall–Kier alpha value is -0.970. The molecule has 0 radical (unpaired) electrons. The summed E-state index contributed by atoms with van der Waals surface area (Å²) in [5.74, 6) is 0.565. The van der Waals surface area contributed by atoms with Gasteiger partial charge in [0.15, 0.2) is 5.96 Å². The zero-order valence-corrected chi connectivity index (χ0v) is 20.2. The van der Waals surface area contributed by atoms with Crippen molar-refractivity contribution in [2.24, 2.45) is 4.99 Å². The minimum Gasteiger partial charge on any atom is -0.385 e. The molecule has 1 saturated heterocycles. The van der Waals surface area contributed by atoms with Gasteiger partial charge in [0.2, 0.25) is 0 Å². The molecule has 166 valence electrons. The highest BCUT2D eigenvalue weighted by atomic mass is 127. The zero-order valence-electron chi connectivity index (χ0n) is 17.8. The van der Waals surface area contributed by atoms with Gasteiger partial charge in [-0.15, -0.1) is 24.0 Å². The van der Waals surface area contributed by atoms with Crippen LogP contribution in [0.2, 0.25) is 0 Å². The van der Waals surface area contributed by atoms with Crippen molar-refractivity contribution in [3.63, 3.8) is 0 Å². The predicted octanol–water partition coefficient (Wildman–Crippen LogP) is 3.19. The van der Waals surface area contributed by atoms with Gasteiger partial charge in [0, 0.05) is 53.0 Å². The number of guanidine groups is 1. The highest BCUT2D eigenvalue weighted by Gasteiger charge is 2.20. The number of likely N-dealkylation sites (tertiary alicyclic amines) is 1. The van der Waals surface area contributed by atoms with E-state index in [0.717, 1.165) is 63.6 Å². The van der Waals surface area contributed by atoms with Crippen molar-refractivity contribution < 1.29 is 13.9 Å². The molecular weight excluding hydrogens is 486 g/mol. The van der Waals surface area contributed by atoms with E-state index in [4.69, 9.17) is 14.5 Å². The molecule has 2 rings (SSSR count). The Labute approximate surface area is 191 Å². The number of aliphatic imine (C=N–C) groups is 1. The van der Waals surface area contributed by atoms with Crippen LogP contribution in [0.3, 0.4) is 0 Å². The molecule has 2 N–H and O–H groups in total. The number of nitrogens with zero attached hydrogens (tertiary/aromatic N) is 2. The van der Waals surface area contributed by atoms with E-state index >= 15 is 0 Å². The number of methoxy groups -OCH3 is 2. The van der Waals surface area contributed by atoms with Crippen LogP contribution < -0.4 is 10.6 Å². The van der Waals surface area contributed by atoms with Crippen molar-refractivity contribution in [2.45, 2.75) is 38.3 Å². The number of hydrogen-bond donors (Lipinski definition) is 2. The van der Waals surface area contributed by atoms with Gasteiger partial charge in [-0.2, -0.15) is 0 Å². The summed E-state index contributed by atoms with van der Waals surface area (Å²) in [6, 6.07) is 6.82. The summed E-state index contributed by atoms with van der Waals surface area (Å²) in [6.07, 6.45) is 3.09. The first-order chi connectivity index (χ1) is 13.7. The number of ether oxygens (including phenoxy) is 2. The van der Waals surface area contributed by atoms with Crippen molar-refractivity contribution in [1.29, 1.82) is 0 Å². The van der Waals surface area contributed by atoms with Crippen molar-refractivity contribution in [1.82, 2.24) is 15.5 Å². The Morgan fingerprint density at radius 2 is 1.93 bits per heavy atom. The number of halogens is 2. The molecule has 1 fully saturated rings. The smallest absolute Gasteiger partial charge is 0.191 e. The average molecular weight is 522 g/mol. The monoisotopic (exact) mass is 522 g/mol. The van der Waals surface area contributed by atoms with E-state index in [1.165, 1.54) is 12.1 Å². The Balaban J connectivity index is 0.00000420. The van der Waals surface area contributed by atoms with Crippen LogP contribution in [0.1, 0.15) is 37.9 Å². The zero-order chi connectivity index (χ0) is 20.2. The topological polar surface area (TPSA) is 58.1 Å². The molecule has 1 unspecified atom stereocenters. The summed E-state index contributed by atoms with van der Waals surface area (Å²) in [5, 5.41) is 6.87. The lowest BCUT2D eigenvalue weighted by Crippen LogP contribution is -2.49. The fraction of sp³-hybridized carbons (Fsp3) is 0.667. The van der Waals surface area contributed by atoms with Crippen molar-refractivity contribution in [2.75, 3.05) is 53.6 Å². The average Bonchev–Trinajstić information content (AvgIpc) is 2.71. The van der Waals surface area contributed by atoms with E-state index in [9.17, 15) is 4.39 Å². The van der Waals surface area contributed by atoms with Gasteiger partial charge in [0.25, 0.3) is 0 Å². The molecule has 6 nitrogen and oxygen atoms in total. The Bertz CT molecular complexity index is 581. The van der Waals surface area contributed by atoms with Gasteiger partial charge in [-0.05, 0) is 43.9 Å². The molecule has 8 heteroatoms. The first-order valence-electron chi connectivity index (χ1n) is 10.2. The third-order valence-electron chi connectivity index (χ3n) is 5.04. The van der Waals surface area contributed by atoms with Crippen molar-refractivity contribution in [3.05, 3.63) is 35.6 Å². The molecule has 1 aromatic rings. The van der Waals surface area contributed by atoms with E-state index in [-0.39, 0.29) is 35.9 Å². The molecule has 0 amide bonds. The van der Waals surface area contributed by atoms with Crippen LogP contribution in [0, 0.1) is 5.82 Å². The van der Waals surface area contributed by atoms with E-state index < -0.39 is 0 Å². The number of benzene rings is 1. The van der Waals surface area contributed by atoms with Crippen LogP contribution in [0.25, 0.3) is 0 Å². The van der Waals surface area contributed by atoms with Gasteiger partial charge in [0.05, 0.1) is 6.54 Å². The molecule has 1 aliphatic rings. The predicted molar refractivity (Wildman–Crippen MR) is 127 cm³/mol. The summed E-state index contributed by atoms with van der Waals surface area (Å²) >= 11 is 0. The molecular formula is C21H36FIN4O2. The molecule has 0 aliphatic carbocycles. The van der Waals surface area contributed by atoms with Gasteiger partial charge in [0.1, 0.15) is 11.9 Å². The van der Waals surface area contributed by atoms with Gasteiger partial charge >= 0.3 is 0 Å². The number of piperidine rings is 1. The Morgan fingerprint density at radius 3 is 2.52 bits per heavy atom. The minimum absolute atomic E-state index is 0. The summed E-state index contributed by atoms with van der Waals surface area (Å²) in [5.41, 5.74) is 0.924. The first-order valence-corrected chi connectivity index (χ1v) is 10.2. The van der Waals surface area contributed by atoms with E-state index in [0.29, 0.717) is 12.6 Å². The Kier molecular flexibility index (Phi) is 13.4. The third-order valence-corrected chi connectivity index (χ3v) is 5.04. The van der Waals surface area contributed by atoms with Crippen molar-refractivity contribution >= 4 is 29.9 Å². The maximum atomic E-state index is 13.1. The second kappa shape index (κ2) is 14.9. The number of hydrogen-bond acceptors (Lipinski definition) is 4. The van der Waals surface area contributed by atoms with Gasteiger partial charge < -0.3 is 25.0 Å². The maximum Gasteiger partial charge on any atom is 0.191 e. The van der Waals surface area contributed by atoms with Crippen LogP contribution >= 0.6 is 24.0 Å². The fourth-order valence-corrected chi connectivity index (χ4v) is 3.41. The Morgan fingerprint density at radius 1 is 1.24 bits per heavy atom. The van der Waals surface area contributed by atoms with Gasteiger partial charge in [-0.3, -0.25) is 4.99 Å². The molecule has 0 bridgehead atoms. The van der Waals surface area contributed by atoms with Gasteiger partial charge in [-0.1, -0.05) is 12.1 Å². The molecule has 1 aliphatic heterocycles. The molecule has 0 aromatic heterocycles. The molecule has 0 spiro atoms. The molecule has 1 aromatic carbocycles. The van der Waals surface area contributed by atoms with Crippen LogP contribution in [-0.2, 0) is 9.47 Å². The molecule has 1 heterocycles. The van der Waals surface area contributed by atoms with Crippen LogP contribution in [0.4, 0.5) is 4.39 Å². The quantitative estimate of drug-likeness (QED) is 0.214. The second-order valence-corrected chi connectivity index (χ2v) is 7.10. The molecule has 29 heavy (non-hydrogen) atoms. The summed E-state index contributed by atoms with van der Waals surface area (Å²) in [7, 11) is 3.41. The van der Waals surface area contributed by atoms with Gasteiger partial charge in [-0.25, -0.2) is 4.39 Å². The summed E-state index contributed by atoms with van der Waals surface area (Å²) < 4.78 is 23.8. The lowest BCUT2D eigenvalue weighted by atomic mass is 10.1. The first kappa shape index (κ1) is 26.1. The molecule has 1 atom stereocenters. The van der Waals surface area contributed by atoms with Crippen LogP contribution in [0.5, 0.6) is 0 Å². The maximum absolute atomic E-state index is 13.1. The van der Waals surface area contributed by atoms with E-state index in [1.807, 2.05) is 0 Å². The normalized spacial score (nSPS) is 16.9. The van der Waals surface area contributed by atoms with Crippen LogP contribution in [0.15, 0.2) is 29.3 Å². The lowest BCUT2D eigenvalue weighted by molar-refractivity contribution is 0.110. The second-order valence-electron chi connectivity index (χ2n) is 7.10. The van der Waals surface area contributed by atoms with E-state index in [1.54, 1.807) is 26.4 Å². The highest BCUT2D eigenvalue weighted by molar-refractivity contribution is 14.0.